The molecule has 0 atom stereocenters. The van der Waals surface area contributed by atoms with Crippen LogP contribution in [0.4, 0.5) is 0 Å². The Kier molecular flexibility index (Phi) is 3.79. The molecule has 3 heteroatoms. The van der Waals surface area contributed by atoms with Gasteiger partial charge >= 0.3 is 5.63 Å². The predicted molar refractivity (Wildman–Crippen MR) is 101 cm³/mol. The molecule has 0 fully saturated rings. The minimum Gasteiger partial charge on any atom is -0.422 e. The molecule has 0 aliphatic heterocycles. The van der Waals surface area contributed by atoms with Gasteiger partial charge in [0.05, 0.1) is 5.56 Å². The Morgan fingerprint density at radius 2 is 1.42 bits per heavy atom. The summed E-state index contributed by atoms with van der Waals surface area (Å²) in [5.41, 5.74) is 3.59. The molecular weight excluding hydrogens is 364 g/mol. The van der Waals surface area contributed by atoms with Crippen molar-refractivity contribution in [3.8, 4) is 22.3 Å². The number of halogens is 1. The molecule has 0 saturated heterocycles. The summed E-state index contributed by atoms with van der Waals surface area (Å²) in [6.07, 6.45) is 0. The van der Waals surface area contributed by atoms with Gasteiger partial charge in [-0.1, -0.05) is 76.6 Å². The lowest BCUT2D eigenvalue weighted by Gasteiger charge is -2.12. The maximum Gasteiger partial charge on any atom is 0.344 e. The van der Waals surface area contributed by atoms with Crippen molar-refractivity contribution >= 4 is 26.9 Å². The lowest BCUT2D eigenvalue weighted by Crippen LogP contribution is -2.06. The fourth-order valence-electron chi connectivity index (χ4n) is 2.96. The van der Waals surface area contributed by atoms with Crippen molar-refractivity contribution in [1.82, 2.24) is 0 Å². The molecule has 4 aromatic rings. The number of para-hydroxylation sites is 1. The van der Waals surface area contributed by atoms with E-state index >= 15 is 0 Å². The molecule has 1 heterocycles. The molecule has 0 bridgehead atoms. The van der Waals surface area contributed by atoms with Crippen LogP contribution in [0.1, 0.15) is 0 Å². The van der Waals surface area contributed by atoms with Gasteiger partial charge in [0.15, 0.2) is 0 Å². The second-order valence-corrected chi connectivity index (χ2v) is 6.43. The molecule has 1 aromatic heterocycles. The average molecular weight is 377 g/mol. The van der Waals surface area contributed by atoms with E-state index in [4.69, 9.17) is 4.42 Å². The van der Waals surface area contributed by atoms with Crippen molar-refractivity contribution in [2.75, 3.05) is 0 Å². The highest BCUT2D eigenvalue weighted by molar-refractivity contribution is 9.10. The molecule has 4 rings (SSSR count). The van der Waals surface area contributed by atoms with Gasteiger partial charge < -0.3 is 4.42 Å². The van der Waals surface area contributed by atoms with Crippen LogP contribution >= 0.6 is 15.9 Å². The van der Waals surface area contributed by atoms with Crippen LogP contribution in [0.3, 0.4) is 0 Å². The van der Waals surface area contributed by atoms with E-state index in [1.165, 1.54) is 0 Å². The van der Waals surface area contributed by atoms with Gasteiger partial charge in [-0.25, -0.2) is 4.79 Å². The van der Waals surface area contributed by atoms with Gasteiger partial charge in [-0.3, -0.25) is 0 Å². The molecule has 0 radical (unpaired) electrons. The molecular formula is C21H13BrO2. The molecule has 24 heavy (non-hydrogen) atoms. The van der Waals surface area contributed by atoms with Crippen LogP contribution in [0.15, 0.2) is 92.5 Å². The standard InChI is InChI=1S/C21H13BrO2/c22-16-10-6-9-15(13-16)20-19(14-7-2-1-3-8-14)17-11-4-5-12-18(17)24-21(20)23/h1-13H. The normalized spacial score (nSPS) is 10.9. The highest BCUT2D eigenvalue weighted by Gasteiger charge is 2.17. The third kappa shape index (κ3) is 2.57. The smallest absolute Gasteiger partial charge is 0.344 e. The summed E-state index contributed by atoms with van der Waals surface area (Å²) < 4.78 is 6.50. The third-order valence-electron chi connectivity index (χ3n) is 3.99. The Bertz CT molecular complexity index is 1080. The highest BCUT2D eigenvalue weighted by Crippen LogP contribution is 2.36. The van der Waals surface area contributed by atoms with Crippen molar-refractivity contribution in [2.45, 2.75) is 0 Å². The molecule has 0 saturated carbocycles. The van der Waals surface area contributed by atoms with Crippen LogP contribution in [0.5, 0.6) is 0 Å². The van der Waals surface area contributed by atoms with E-state index < -0.39 is 0 Å². The van der Waals surface area contributed by atoms with Gasteiger partial charge in [0.2, 0.25) is 0 Å². The molecule has 0 N–H and O–H groups in total. The summed E-state index contributed by atoms with van der Waals surface area (Å²) in [4.78, 5) is 12.8. The molecule has 116 valence electrons. The minimum absolute atomic E-state index is 0.328. The summed E-state index contributed by atoms with van der Waals surface area (Å²) in [6, 6.07) is 25.3. The molecule has 0 spiro atoms. The first-order valence-electron chi connectivity index (χ1n) is 7.61. The Labute approximate surface area is 147 Å². The Hall–Kier alpha value is -2.65. The Morgan fingerprint density at radius 3 is 2.21 bits per heavy atom. The number of hydrogen-bond donors (Lipinski definition) is 0. The zero-order valence-corrected chi connectivity index (χ0v) is 14.3. The van der Waals surface area contributed by atoms with E-state index in [2.05, 4.69) is 15.9 Å². The van der Waals surface area contributed by atoms with Crippen LogP contribution < -0.4 is 5.63 Å². The molecule has 0 unspecified atom stereocenters. The third-order valence-corrected chi connectivity index (χ3v) is 4.48. The second kappa shape index (κ2) is 6.10. The van der Waals surface area contributed by atoms with Crippen LogP contribution in [0.2, 0.25) is 0 Å². The largest absolute Gasteiger partial charge is 0.422 e. The SMILES string of the molecule is O=c1oc2ccccc2c(-c2ccccc2)c1-c1cccc(Br)c1. The number of hydrogen-bond acceptors (Lipinski definition) is 2. The highest BCUT2D eigenvalue weighted by atomic mass is 79.9. The summed E-state index contributed by atoms with van der Waals surface area (Å²) in [5.74, 6) is 0. The first kappa shape index (κ1) is 14.9. The Morgan fingerprint density at radius 1 is 0.708 bits per heavy atom. The van der Waals surface area contributed by atoms with Crippen molar-refractivity contribution < 1.29 is 4.42 Å². The first-order chi connectivity index (χ1) is 11.7. The maximum absolute atomic E-state index is 12.8. The summed E-state index contributed by atoms with van der Waals surface area (Å²) in [7, 11) is 0. The monoisotopic (exact) mass is 376 g/mol. The fraction of sp³-hybridized carbons (Fsp3) is 0. The van der Waals surface area contributed by atoms with Crippen molar-refractivity contribution in [3.05, 3.63) is 93.8 Å². The molecule has 3 aromatic carbocycles. The van der Waals surface area contributed by atoms with Crippen molar-refractivity contribution in [1.29, 1.82) is 0 Å². The quantitative estimate of drug-likeness (QED) is 0.408. The second-order valence-electron chi connectivity index (χ2n) is 5.51. The van der Waals surface area contributed by atoms with Crippen LogP contribution in [0.25, 0.3) is 33.2 Å². The average Bonchev–Trinajstić information content (AvgIpc) is 2.61. The fourth-order valence-corrected chi connectivity index (χ4v) is 3.36. The molecule has 0 aliphatic carbocycles. The number of rotatable bonds is 2. The summed E-state index contributed by atoms with van der Waals surface area (Å²) >= 11 is 3.48. The zero-order chi connectivity index (χ0) is 16.5. The van der Waals surface area contributed by atoms with Gasteiger partial charge in [-0.05, 0) is 29.3 Å². The number of benzene rings is 3. The molecule has 0 amide bonds. The molecule has 2 nitrogen and oxygen atoms in total. The van der Waals surface area contributed by atoms with Crippen molar-refractivity contribution in [3.63, 3.8) is 0 Å². The van der Waals surface area contributed by atoms with Gasteiger partial charge in [-0.2, -0.15) is 0 Å². The lowest BCUT2D eigenvalue weighted by atomic mass is 9.93. The first-order valence-corrected chi connectivity index (χ1v) is 8.40. The van der Waals surface area contributed by atoms with Gasteiger partial charge in [-0.15, -0.1) is 0 Å². The summed E-state index contributed by atoms with van der Waals surface area (Å²) in [6.45, 7) is 0. The van der Waals surface area contributed by atoms with Gasteiger partial charge in [0.25, 0.3) is 0 Å². The van der Waals surface area contributed by atoms with E-state index in [-0.39, 0.29) is 5.63 Å². The van der Waals surface area contributed by atoms with Crippen LogP contribution in [0, 0.1) is 0 Å². The Balaban J connectivity index is 2.17. The van der Waals surface area contributed by atoms with E-state index in [1.54, 1.807) is 0 Å². The van der Waals surface area contributed by atoms with Gasteiger partial charge in [0, 0.05) is 15.4 Å². The lowest BCUT2D eigenvalue weighted by molar-refractivity contribution is 0.564. The van der Waals surface area contributed by atoms with E-state index in [1.807, 2.05) is 78.9 Å². The topological polar surface area (TPSA) is 30.2 Å². The van der Waals surface area contributed by atoms with E-state index in [9.17, 15) is 4.79 Å². The van der Waals surface area contributed by atoms with E-state index in [0.29, 0.717) is 11.1 Å². The van der Waals surface area contributed by atoms with Crippen molar-refractivity contribution in [2.24, 2.45) is 0 Å². The molecule has 0 aliphatic rings. The minimum atomic E-state index is -0.328. The van der Waals surface area contributed by atoms with Crippen LogP contribution in [-0.4, -0.2) is 0 Å². The predicted octanol–water partition coefficient (Wildman–Crippen LogP) is 5.89. The van der Waals surface area contributed by atoms with Crippen LogP contribution in [-0.2, 0) is 0 Å². The number of fused-ring (bicyclic) bond motifs is 1. The van der Waals surface area contributed by atoms with E-state index in [0.717, 1.165) is 26.5 Å². The zero-order valence-electron chi connectivity index (χ0n) is 12.7. The maximum atomic E-state index is 12.8. The van der Waals surface area contributed by atoms with Gasteiger partial charge in [0.1, 0.15) is 5.58 Å². The summed E-state index contributed by atoms with van der Waals surface area (Å²) in [5, 5.41) is 0.929.